The lowest BCUT2D eigenvalue weighted by Crippen LogP contribution is -2.47. The summed E-state index contributed by atoms with van der Waals surface area (Å²) in [5, 5.41) is 4.56. The van der Waals surface area contributed by atoms with Crippen LogP contribution in [-0.4, -0.2) is 70.9 Å². The van der Waals surface area contributed by atoms with Gasteiger partial charge in [-0.05, 0) is 12.0 Å². The predicted octanol–water partition coefficient (Wildman–Crippen LogP) is 1.90. The van der Waals surface area contributed by atoms with Crippen molar-refractivity contribution >= 4 is 5.91 Å². The van der Waals surface area contributed by atoms with Gasteiger partial charge >= 0.3 is 0 Å². The number of aryl methyl sites for hydroxylation is 1. The van der Waals surface area contributed by atoms with Crippen molar-refractivity contribution in [3.05, 3.63) is 17.5 Å². The molecule has 1 aromatic heterocycles. The lowest BCUT2D eigenvalue weighted by atomic mass is 9.92. The van der Waals surface area contributed by atoms with Gasteiger partial charge in [0.25, 0.3) is 5.91 Å². The van der Waals surface area contributed by atoms with E-state index in [-0.39, 0.29) is 11.3 Å². The third-order valence-electron chi connectivity index (χ3n) is 5.60. The minimum absolute atomic E-state index is 0.0520. The molecule has 0 N–H and O–H groups in total. The Hall–Kier alpha value is -1.40. The number of hydrogen-bond donors (Lipinski definition) is 0. The molecule has 0 aliphatic carbocycles. The number of carbonyl (C=O) groups is 1. The van der Waals surface area contributed by atoms with Gasteiger partial charge in [0.1, 0.15) is 5.69 Å². The zero-order valence-electron chi connectivity index (χ0n) is 16.3. The maximum Gasteiger partial charge on any atom is 0.272 e. The average Bonchev–Trinajstić information content (AvgIpc) is 3.18. The summed E-state index contributed by atoms with van der Waals surface area (Å²) in [5.74, 6) is 0.650. The standard InChI is InChI=1S/C19H32N4O2/c1-6-14-12-23(13-16(14)22-7-9-25-10-8-22)18(24)15-11-17(19(2,3)4)20-21(15)5/h11,14,16H,6-10,12-13H2,1-5H3/t14-,16-/m1/s1. The molecule has 25 heavy (non-hydrogen) atoms. The number of aromatic nitrogens is 2. The normalized spacial score (nSPS) is 25.6. The molecule has 2 aliphatic rings. The van der Waals surface area contributed by atoms with Crippen molar-refractivity contribution < 1.29 is 9.53 Å². The summed E-state index contributed by atoms with van der Waals surface area (Å²) in [4.78, 5) is 17.7. The van der Waals surface area contributed by atoms with Crippen molar-refractivity contribution in [2.24, 2.45) is 13.0 Å². The van der Waals surface area contributed by atoms with Gasteiger partial charge in [0.15, 0.2) is 0 Å². The van der Waals surface area contributed by atoms with E-state index in [0.717, 1.165) is 51.5 Å². The van der Waals surface area contributed by atoms with Crippen LogP contribution in [0.3, 0.4) is 0 Å². The second-order valence-corrected chi connectivity index (χ2v) is 8.38. The molecule has 1 aromatic rings. The predicted molar refractivity (Wildman–Crippen MR) is 97.8 cm³/mol. The van der Waals surface area contributed by atoms with Crippen molar-refractivity contribution in [3.8, 4) is 0 Å². The van der Waals surface area contributed by atoms with Gasteiger partial charge in [-0.25, -0.2) is 0 Å². The molecule has 0 saturated carbocycles. The Morgan fingerprint density at radius 2 is 1.96 bits per heavy atom. The van der Waals surface area contributed by atoms with E-state index in [1.807, 2.05) is 18.0 Å². The number of likely N-dealkylation sites (tertiary alicyclic amines) is 1. The van der Waals surface area contributed by atoms with Crippen molar-refractivity contribution in [2.75, 3.05) is 39.4 Å². The van der Waals surface area contributed by atoms with Gasteiger partial charge < -0.3 is 9.64 Å². The molecule has 6 nitrogen and oxygen atoms in total. The summed E-state index contributed by atoms with van der Waals surface area (Å²) in [5.41, 5.74) is 1.61. The van der Waals surface area contributed by atoms with E-state index in [1.165, 1.54) is 0 Å². The van der Waals surface area contributed by atoms with Crippen LogP contribution in [0, 0.1) is 5.92 Å². The number of nitrogens with zero attached hydrogens (tertiary/aromatic N) is 4. The van der Waals surface area contributed by atoms with Gasteiger partial charge in [-0.2, -0.15) is 5.10 Å². The van der Waals surface area contributed by atoms with E-state index in [9.17, 15) is 4.79 Å². The van der Waals surface area contributed by atoms with Crippen LogP contribution in [0.1, 0.15) is 50.3 Å². The molecule has 2 atom stereocenters. The molecule has 0 radical (unpaired) electrons. The fourth-order valence-corrected chi connectivity index (χ4v) is 3.94. The minimum Gasteiger partial charge on any atom is -0.379 e. The van der Waals surface area contributed by atoms with Gasteiger partial charge in [0.2, 0.25) is 0 Å². The van der Waals surface area contributed by atoms with Crippen LogP contribution < -0.4 is 0 Å². The second kappa shape index (κ2) is 7.08. The quantitative estimate of drug-likeness (QED) is 0.837. The molecule has 2 aliphatic heterocycles. The second-order valence-electron chi connectivity index (χ2n) is 8.38. The Bertz CT molecular complexity index is 613. The lowest BCUT2D eigenvalue weighted by molar-refractivity contribution is 0.0102. The van der Waals surface area contributed by atoms with E-state index in [4.69, 9.17) is 4.74 Å². The van der Waals surface area contributed by atoms with E-state index in [0.29, 0.717) is 17.7 Å². The summed E-state index contributed by atoms with van der Waals surface area (Å²) in [6, 6.07) is 2.42. The fourth-order valence-electron chi connectivity index (χ4n) is 3.94. The van der Waals surface area contributed by atoms with Crippen molar-refractivity contribution in [3.63, 3.8) is 0 Å². The Morgan fingerprint density at radius 3 is 2.52 bits per heavy atom. The highest BCUT2D eigenvalue weighted by Crippen LogP contribution is 2.28. The highest BCUT2D eigenvalue weighted by Gasteiger charge is 2.39. The minimum atomic E-state index is -0.0520. The van der Waals surface area contributed by atoms with E-state index in [1.54, 1.807) is 4.68 Å². The Labute approximate surface area is 151 Å². The van der Waals surface area contributed by atoms with Crippen LogP contribution in [-0.2, 0) is 17.2 Å². The van der Waals surface area contributed by atoms with Gasteiger partial charge in [-0.15, -0.1) is 0 Å². The summed E-state index contributed by atoms with van der Waals surface area (Å²) in [6.45, 7) is 13.8. The van der Waals surface area contributed by atoms with Gasteiger partial charge in [-0.3, -0.25) is 14.4 Å². The maximum atomic E-state index is 13.1. The summed E-state index contributed by atoms with van der Waals surface area (Å²) in [7, 11) is 1.87. The van der Waals surface area contributed by atoms with Crippen LogP contribution in [0.2, 0.25) is 0 Å². The number of ether oxygens (including phenoxy) is 1. The first-order valence-electron chi connectivity index (χ1n) is 9.47. The third-order valence-corrected chi connectivity index (χ3v) is 5.60. The molecule has 2 fully saturated rings. The van der Waals surface area contributed by atoms with Crippen molar-refractivity contribution in [2.45, 2.75) is 45.6 Å². The zero-order chi connectivity index (χ0) is 18.2. The van der Waals surface area contributed by atoms with Crippen LogP contribution in [0.15, 0.2) is 6.07 Å². The first-order valence-corrected chi connectivity index (χ1v) is 9.47. The highest BCUT2D eigenvalue weighted by atomic mass is 16.5. The highest BCUT2D eigenvalue weighted by molar-refractivity contribution is 5.93. The molecule has 140 valence electrons. The Morgan fingerprint density at radius 1 is 1.28 bits per heavy atom. The number of hydrogen-bond acceptors (Lipinski definition) is 4. The Balaban J connectivity index is 1.75. The molecular weight excluding hydrogens is 316 g/mol. The van der Waals surface area contributed by atoms with Crippen LogP contribution in [0.5, 0.6) is 0 Å². The van der Waals surface area contributed by atoms with E-state index >= 15 is 0 Å². The molecule has 0 unspecified atom stereocenters. The van der Waals surface area contributed by atoms with Gasteiger partial charge in [-0.1, -0.05) is 34.1 Å². The largest absolute Gasteiger partial charge is 0.379 e. The van der Waals surface area contributed by atoms with Crippen LogP contribution in [0.4, 0.5) is 0 Å². The van der Waals surface area contributed by atoms with Crippen LogP contribution in [0.25, 0.3) is 0 Å². The molecule has 1 amide bonds. The Kier molecular flexibility index (Phi) is 5.21. The van der Waals surface area contributed by atoms with E-state index in [2.05, 4.69) is 37.7 Å². The molecule has 3 heterocycles. The van der Waals surface area contributed by atoms with Crippen molar-refractivity contribution in [1.29, 1.82) is 0 Å². The number of amides is 1. The average molecular weight is 348 g/mol. The molecular formula is C19H32N4O2. The lowest BCUT2D eigenvalue weighted by Gasteiger charge is -2.34. The monoisotopic (exact) mass is 348 g/mol. The van der Waals surface area contributed by atoms with E-state index < -0.39 is 0 Å². The first kappa shape index (κ1) is 18.4. The fraction of sp³-hybridized carbons (Fsp3) is 0.789. The SMILES string of the molecule is CC[C@@H]1CN(C(=O)c2cc(C(C)(C)C)nn2C)C[C@H]1N1CCOCC1. The summed E-state index contributed by atoms with van der Waals surface area (Å²) >= 11 is 0. The molecule has 2 saturated heterocycles. The summed E-state index contributed by atoms with van der Waals surface area (Å²) in [6.07, 6.45) is 1.10. The van der Waals surface area contributed by atoms with Gasteiger partial charge in [0.05, 0.1) is 18.9 Å². The van der Waals surface area contributed by atoms with Crippen molar-refractivity contribution in [1.82, 2.24) is 19.6 Å². The first-order chi connectivity index (χ1) is 11.8. The number of morpholine rings is 1. The number of rotatable bonds is 3. The summed E-state index contributed by atoms with van der Waals surface area (Å²) < 4.78 is 7.23. The molecule has 6 heteroatoms. The van der Waals surface area contributed by atoms with Gasteiger partial charge in [0, 0.05) is 44.7 Å². The molecule has 0 aromatic carbocycles. The number of carbonyl (C=O) groups excluding carboxylic acids is 1. The maximum absolute atomic E-state index is 13.1. The molecule has 3 rings (SSSR count). The third kappa shape index (κ3) is 3.75. The smallest absolute Gasteiger partial charge is 0.272 e. The molecule has 0 spiro atoms. The van der Waals surface area contributed by atoms with Crippen LogP contribution >= 0.6 is 0 Å². The topological polar surface area (TPSA) is 50.6 Å². The zero-order valence-corrected chi connectivity index (χ0v) is 16.3. The molecule has 0 bridgehead atoms.